The average Bonchev–Trinajstić information content (AvgIpc) is 2.84. The molecule has 208 valence electrons. The number of ether oxygens (including phenoxy) is 1. The van der Waals surface area contributed by atoms with E-state index in [2.05, 4.69) is 34.1 Å². The van der Waals surface area contributed by atoms with E-state index in [0.717, 1.165) is 16.3 Å². The molecule has 2 aliphatic heterocycles. The average molecular weight is 538 g/mol. The molecular formula is C28H36FN7O3. The second-order valence-electron chi connectivity index (χ2n) is 11.1. The fourth-order valence-corrected chi connectivity index (χ4v) is 5.14. The van der Waals surface area contributed by atoms with Crippen LogP contribution in [-0.4, -0.2) is 75.0 Å². The van der Waals surface area contributed by atoms with Crippen molar-refractivity contribution in [1.82, 2.24) is 19.9 Å². The first-order chi connectivity index (χ1) is 18.5. The van der Waals surface area contributed by atoms with Crippen LogP contribution in [-0.2, 0) is 4.79 Å². The van der Waals surface area contributed by atoms with Crippen molar-refractivity contribution in [2.75, 3.05) is 36.4 Å². The van der Waals surface area contributed by atoms with E-state index in [-0.39, 0.29) is 24.3 Å². The lowest BCUT2D eigenvalue weighted by Crippen LogP contribution is -2.57. The molecule has 0 unspecified atom stereocenters. The molecular weight excluding hydrogens is 501 g/mol. The number of hydrogen-bond acceptors (Lipinski definition) is 9. The Kier molecular flexibility index (Phi) is 7.30. The summed E-state index contributed by atoms with van der Waals surface area (Å²) in [6.07, 6.45) is 2.15. The van der Waals surface area contributed by atoms with Crippen LogP contribution in [0.5, 0.6) is 5.75 Å². The number of hydrogen-bond donors (Lipinski definition) is 3. The van der Waals surface area contributed by atoms with E-state index in [1.165, 1.54) is 6.92 Å². The maximum absolute atomic E-state index is 14.7. The number of amides is 1. The molecule has 0 saturated carbocycles. The van der Waals surface area contributed by atoms with Gasteiger partial charge in [-0.05, 0) is 48.4 Å². The molecule has 0 aliphatic carbocycles. The summed E-state index contributed by atoms with van der Waals surface area (Å²) in [5.41, 5.74) is 5.75. The third-order valence-electron chi connectivity index (χ3n) is 7.65. The Morgan fingerprint density at radius 1 is 1.23 bits per heavy atom. The summed E-state index contributed by atoms with van der Waals surface area (Å²) < 4.78 is 20.9. The van der Waals surface area contributed by atoms with Crippen molar-refractivity contribution < 1.29 is 19.0 Å². The number of fused-ring (bicyclic) bond motifs is 1. The first kappa shape index (κ1) is 27.0. The summed E-state index contributed by atoms with van der Waals surface area (Å²) in [4.78, 5) is 28.5. The Labute approximate surface area is 227 Å². The number of piperidine rings is 1. The summed E-state index contributed by atoms with van der Waals surface area (Å²) >= 11 is 0. The van der Waals surface area contributed by atoms with Crippen LogP contribution in [0.2, 0.25) is 0 Å². The van der Waals surface area contributed by atoms with E-state index in [0.29, 0.717) is 49.4 Å². The molecule has 3 aromatic rings. The van der Waals surface area contributed by atoms with Crippen LogP contribution in [0.1, 0.15) is 45.6 Å². The van der Waals surface area contributed by atoms with Crippen LogP contribution < -0.4 is 20.7 Å². The number of aromatic nitrogens is 3. The summed E-state index contributed by atoms with van der Waals surface area (Å²) in [6, 6.07) is 7.66. The lowest BCUT2D eigenvalue weighted by molar-refractivity contribution is -0.137. The fourth-order valence-electron chi connectivity index (χ4n) is 5.14. The maximum atomic E-state index is 14.7. The second kappa shape index (κ2) is 10.5. The molecule has 3 atom stereocenters. The van der Waals surface area contributed by atoms with Gasteiger partial charge in [0.15, 0.2) is 11.9 Å². The second-order valence-corrected chi connectivity index (χ2v) is 11.1. The zero-order valence-electron chi connectivity index (χ0n) is 22.8. The van der Waals surface area contributed by atoms with Crippen LogP contribution in [0.3, 0.4) is 0 Å². The number of likely N-dealkylation sites (tertiary alicyclic amines) is 1. The van der Waals surface area contributed by atoms with Crippen LogP contribution in [0.15, 0.2) is 36.7 Å². The molecule has 0 radical (unpaired) electrons. The molecule has 4 N–H and O–H groups in total. The molecule has 2 saturated heterocycles. The number of carbonyl (C=O) groups excluding carboxylic acids is 1. The molecule has 2 aromatic heterocycles. The highest BCUT2D eigenvalue weighted by atomic mass is 19.1. The molecule has 2 aliphatic rings. The Balaban J connectivity index is 1.37. The number of nitrogens with one attached hydrogen (secondary N) is 1. The van der Waals surface area contributed by atoms with Crippen LogP contribution in [0.4, 0.5) is 22.0 Å². The highest BCUT2D eigenvalue weighted by Gasteiger charge is 2.40. The fraction of sp³-hybridized carbons (Fsp3) is 0.500. The Bertz CT molecular complexity index is 1360. The van der Waals surface area contributed by atoms with Crippen LogP contribution in [0, 0.1) is 5.92 Å². The van der Waals surface area contributed by atoms with Gasteiger partial charge in [-0.2, -0.15) is 4.98 Å². The minimum absolute atomic E-state index is 0.0160. The van der Waals surface area contributed by atoms with Gasteiger partial charge in [-0.15, -0.1) is 0 Å². The van der Waals surface area contributed by atoms with Gasteiger partial charge in [0.05, 0.1) is 12.6 Å². The molecule has 11 heteroatoms. The molecule has 5 rings (SSSR count). The third-order valence-corrected chi connectivity index (χ3v) is 7.65. The monoisotopic (exact) mass is 537 g/mol. The molecule has 1 aromatic carbocycles. The van der Waals surface area contributed by atoms with Gasteiger partial charge in [0, 0.05) is 50.3 Å². The lowest BCUT2D eigenvalue weighted by Gasteiger charge is -2.41. The molecule has 0 bridgehead atoms. The van der Waals surface area contributed by atoms with E-state index >= 15 is 0 Å². The van der Waals surface area contributed by atoms with Gasteiger partial charge < -0.3 is 25.0 Å². The van der Waals surface area contributed by atoms with E-state index in [1.807, 2.05) is 18.2 Å². The van der Waals surface area contributed by atoms with E-state index in [4.69, 9.17) is 10.5 Å². The number of pyridine rings is 1. The number of halogens is 1. The first-order valence-corrected chi connectivity index (χ1v) is 13.3. The topological polar surface area (TPSA) is 130 Å². The summed E-state index contributed by atoms with van der Waals surface area (Å²) in [5.74, 6) is 2.54. The van der Waals surface area contributed by atoms with Gasteiger partial charge in [-0.3, -0.25) is 10.5 Å². The van der Waals surface area contributed by atoms with E-state index < -0.39 is 18.0 Å². The Morgan fingerprint density at radius 2 is 2.00 bits per heavy atom. The Hall–Kier alpha value is -3.57. The summed E-state index contributed by atoms with van der Waals surface area (Å²) in [7, 11) is 0. The number of aliphatic hydroxyl groups excluding tert-OH is 1. The number of rotatable bonds is 7. The lowest BCUT2D eigenvalue weighted by atomic mass is 9.94. The number of nitrogens with zero attached hydrogens (tertiary/aromatic N) is 5. The van der Waals surface area contributed by atoms with Gasteiger partial charge in [0.25, 0.3) is 0 Å². The SMILES string of the molecule is CC(=O)N1CC([C@H](N)Oc2ccc(C(C)C)c3cc(Nc4ccnc(N5CC[C@@H](O)[C@@](C)(F)C5)n4)ncc23)C1. The van der Waals surface area contributed by atoms with Gasteiger partial charge in [0.2, 0.25) is 11.9 Å². The number of nitrogens with two attached hydrogens (primary N) is 1. The quantitative estimate of drug-likeness (QED) is 0.389. The van der Waals surface area contributed by atoms with Gasteiger partial charge in [0.1, 0.15) is 17.4 Å². The van der Waals surface area contributed by atoms with Gasteiger partial charge in [-0.25, -0.2) is 14.4 Å². The normalized spacial score (nSPS) is 22.6. The molecule has 1 amide bonds. The minimum atomic E-state index is -1.73. The highest BCUT2D eigenvalue weighted by Crippen LogP contribution is 2.35. The molecule has 39 heavy (non-hydrogen) atoms. The van der Waals surface area contributed by atoms with Crippen molar-refractivity contribution in [1.29, 1.82) is 0 Å². The third kappa shape index (κ3) is 5.60. The first-order valence-electron chi connectivity index (χ1n) is 13.3. The van der Waals surface area contributed by atoms with E-state index in [9.17, 15) is 14.3 Å². The summed E-state index contributed by atoms with van der Waals surface area (Å²) in [6.45, 7) is 8.88. The number of carbonyl (C=O) groups is 1. The molecule has 0 spiro atoms. The van der Waals surface area contributed by atoms with Crippen molar-refractivity contribution in [3.8, 4) is 5.75 Å². The predicted octanol–water partition coefficient (Wildman–Crippen LogP) is 3.33. The minimum Gasteiger partial charge on any atom is -0.474 e. The van der Waals surface area contributed by atoms with Crippen LogP contribution in [0.25, 0.3) is 10.8 Å². The summed E-state index contributed by atoms with van der Waals surface area (Å²) in [5, 5.41) is 15.0. The molecule has 4 heterocycles. The van der Waals surface area contributed by atoms with Crippen molar-refractivity contribution >= 4 is 34.3 Å². The van der Waals surface area contributed by atoms with Crippen molar-refractivity contribution in [2.24, 2.45) is 11.7 Å². The standard InChI is InChI=1S/C28H36FN7O3/c1-16(2)19-5-6-22(39-26(30)18-13-36(14-18)17(3)37)21-12-32-25(11-20(19)21)33-24-7-9-31-27(34-24)35-10-8-23(38)28(4,29)15-35/h5-7,9,11-12,16,18,23,26,38H,8,10,13-15,30H2,1-4H3,(H,31,32,33,34)/t23-,26-,28+/m1/s1. The number of alkyl halides is 1. The zero-order valence-corrected chi connectivity index (χ0v) is 22.8. The largest absolute Gasteiger partial charge is 0.474 e. The van der Waals surface area contributed by atoms with Crippen molar-refractivity contribution in [3.05, 3.63) is 42.2 Å². The van der Waals surface area contributed by atoms with Crippen molar-refractivity contribution in [2.45, 2.75) is 58.0 Å². The maximum Gasteiger partial charge on any atom is 0.227 e. The smallest absolute Gasteiger partial charge is 0.227 e. The predicted molar refractivity (Wildman–Crippen MR) is 148 cm³/mol. The van der Waals surface area contributed by atoms with Gasteiger partial charge in [-0.1, -0.05) is 19.9 Å². The van der Waals surface area contributed by atoms with Crippen LogP contribution >= 0.6 is 0 Å². The number of anilines is 3. The molecule has 10 nitrogen and oxygen atoms in total. The zero-order chi connectivity index (χ0) is 27.9. The van der Waals surface area contributed by atoms with Crippen molar-refractivity contribution in [3.63, 3.8) is 0 Å². The molecule has 2 fully saturated rings. The van der Waals surface area contributed by atoms with E-state index in [1.54, 1.807) is 35.2 Å². The Morgan fingerprint density at radius 3 is 2.69 bits per heavy atom. The number of benzene rings is 1. The van der Waals surface area contributed by atoms with Gasteiger partial charge >= 0.3 is 0 Å². The highest BCUT2D eigenvalue weighted by molar-refractivity contribution is 5.92. The number of aliphatic hydroxyl groups is 1.